The molecule has 2 aromatic heterocycles. The Bertz CT molecular complexity index is 936. The number of carbonyl (C=O) groups is 2. The average molecular weight is 352 g/mol. The summed E-state index contributed by atoms with van der Waals surface area (Å²) in [7, 11) is 0. The van der Waals surface area contributed by atoms with E-state index >= 15 is 0 Å². The minimum Gasteiger partial charge on any atom is -0.366 e. The van der Waals surface area contributed by atoms with Crippen molar-refractivity contribution in [3.63, 3.8) is 0 Å². The van der Waals surface area contributed by atoms with Gasteiger partial charge in [0.2, 0.25) is 5.91 Å². The smallest absolute Gasteiger partial charge is 0.263 e. The van der Waals surface area contributed by atoms with Crippen molar-refractivity contribution in [2.75, 3.05) is 0 Å². The van der Waals surface area contributed by atoms with Gasteiger partial charge in [-0.2, -0.15) is 0 Å². The van der Waals surface area contributed by atoms with Gasteiger partial charge in [0.1, 0.15) is 9.88 Å². The zero-order valence-corrected chi connectivity index (χ0v) is 14.3. The van der Waals surface area contributed by atoms with Crippen LogP contribution in [-0.2, 0) is 6.54 Å². The molecule has 25 heavy (non-hydrogen) atoms. The number of aryl methyl sites for hydroxylation is 1. The topological polar surface area (TPSA) is 98.0 Å². The van der Waals surface area contributed by atoms with Gasteiger partial charge in [0.15, 0.2) is 0 Å². The molecule has 3 aromatic rings. The maximum absolute atomic E-state index is 12.3. The summed E-state index contributed by atoms with van der Waals surface area (Å²) in [5.74, 6) is -0.702. The molecule has 2 heterocycles. The van der Waals surface area contributed by atoms with Crippen LogP contribution in [0.5, 0.6) is 0 Å². The maximum Gasteiger partial charge on any atom is 0.263 e. The van der Waals surface area contributed by atoms with Crippen molar-refractivity contribution in [2.45, 2.75) is 13.5 Å². The van der Waals surface area contributed by atoms with E-state index in [0.717, 1.165) is 21.8 Å². The lowest BCUT2D eigenvalue weighted by Crippen LogP contribution is -2.22. The van der Waals surface area contributed by atoms with Crippen molar-refractivity contribution in [1.82, 2.24) is 15.3 Å². The second kappa shape index (κ2) is 7.23. The summed E-state index contributed by atoms with van der Waals surface area (Å²) in [5.41, 5.74) is 8.31. The monoisotopic (exact) mass is 352 g/mol. The highest BCUT2D eigenvalue weighted by Crippen LogP contribution is 2.25. The molecule has 0 spiro atoms. The average Bonchev–Trinajstić information content (AvgIpc) is 3.10. The highest BCUT2D eigenvalue weighted by molar-refractivity contribution is 7.16. The number of aromatic nitrogens is 2. The lowest BCUT2D eigenvalue weighted by molar-refractivity contribution is 0.0954. The molecule has 0 fully saturated rings. The number of hydrogen-bond donors (Lipinski definition) is 2. The first-order valence-corrected chi connectivity index (χ1v) is 8.40. The van der Waals surface area contributed by atoms with Gasteiger partial charge in [-0.05, 0) is 36.8 Å². The zero-order chi connectivity index (χ0) is 17.8. The molecule has 0 radical (unpaired) electrons. The van der Waals surface area contributed by atoms with Crippen molar-refractivity contribution in [2.24, 2.45) is 5.73 Å². The highest BCUT2D eigenvalue weighted by atomic mass is 32.1. The number of carbonyl (C=O) groups excluding carboxylic acids is 2. The molecular weight excluding hydrogens is 336 g/mol. The van der Waals surface area contributed by atoms with E-state index in [1.54, 1.807) is 30.6 Å². The summed E-state index contributed by atoms with van der Waals surface area (Å²) in [4.78, 5) is 32.5. The third-order valence-electron chi connectivity index (χ3n) is 3.54. The lowest BCUT2D eigenvalue weighted by Gasteiger charge is -2.05. The van der Waals surface area contributed by atoms with Crippen molar-refractivity contribution < 1.29 is 9.59 Å². The molecule has 0 aliphatic heterocycles. The molecule has 0 bridgehead atoms. The summed E-state index contributed by atoms with van der Waals surface area (Å²) < 4.78 is 0. The van der Waals surface area contributed by atoms with Gasteiger partial charge in [-0.15, -0.1) is 11.3 Å². The third-order valence-corrected chi connectivity index (χ3v) is 4.58. The maximum atomic E-state index is 12.3. The van der Waals surface area contributed by atoms with Gasteiger partial charge in [-0.25, -0.2) is 4.98 Å². The number of thiazole rings is 1. The fourth-order valence-corrected chi connectivity index (χ4v) is 3.12. The van der Waals surface area contributed by atoms with Gasteiger partial charge in [0.05, 0.1) is 6.20 Å². The van der Waals surface area contributed by atoms with Crippen LogP contribution in [0.15, 0.2) is 48.8 Å². The van der Waals surface area contributed by atoms with Gasteiger partial charge in [-0.3, -0.25) is 14.6 Å². The van der Waals surface area contributed by atoms with Crippen molar-refractivity contribution in [3.8, 4) is 10.6 Å². The summed E-state index contributed by atoms with van der Waals surface area (Å²) in [6, 6.07) is 10.7. The molecule has 0 unspecified atom stereocenters. The molecule has 3 rings (SSSR count). The van der Waals surface area contributed by atoms with Crippen LogP contribution in [0.25, 0.3) is 10.6 Å². The Balaban J connectivity index is 1.68. The van der Waals surface area contributed by atoms with Crippen LogP contribution < -0.4 is 11.1 Å². The molecule has 1 aromatic carbocycles. The fraction of sp³-hybridized carbons (Fsp3) is 0.111. The number of hydrogen-bond acceptors (Lipinski definition) is 5. The number of pyridine rings is 1. The number of nitrogens with one attached hydrogen (secondary N) is 1. The van der Waals surface area contributed by atoms with Crippen LogP contribution in [-0.4, -0.2) is 21.8 Å². The molecule has 0 atom stereocenters. The van der Waals surface area contributed by atoms with Crippen LogP contribution >= 0.6 is 11.3 Å². The Hall–Kier alpha value is -3.06. The number of primary amides is 1. The highest BCUT2D eigenvalue weighted by Gasteiger charge is 2.12. The number of nitrogens with zero attached hydrogens (tertiary/aromatic N) is 2. The van der Waals surface area contributed by atoms with E-state index in [1.165, 1.54) is 11.3 Å². The second-order valence-electron chi connectivity index (χ2n) is 5.46. The van der Waals surface area contributed by atoms with Crippen LogP contribution in [0.1, 0.15) is 31.3 Å². The van der Waals surface area contributed by atoms with E-state index in [4.69, 9.17) is 5.73 Å². The van der Waals surface area contributed by atoms with Crippen molar-refractivity contribution in [3.05, 3.63) is 70.5 Å². The largest absolute Gasteiger partial charge is 0.366 e. The molecule has 0 saturated heterocycles. The lowest BCUT2D eigenvalue weighted by atomic mass is 10.1. The van der Waals surface area contributed by atoms with Gasteiger partial charge in [-0.1, -0.05) is 12.1 Å². The summed E-state index contributed by atoms with van der Waals surface area (Å²) >= 11 is 1.32. The standard InChI is InChI=1S/C18H16N4O2S/c1-11-7-14(5-6-20-11)18-22-10-15(25-18)17(24)21-9-12-3-2-4-13(8-12)16(19)23/h2-8,10H,9H2,1H3,(H2,19,23)(H,21,24). The predicted molar refractivity (Wildman–Crippen MR) is 96.2 cm³/mol. The number of nitrogens with two attached hydrogens (primary N) is 1. The number of amides is 2. The van der Waals surface area contributed by atoms with E-state index in [2.05, 4.69) is 15.3 Å². The molecule has 0 saturated carbocycles. The van der Waals surface area contributed by atoms with Crippen LogP contribution in [0.4, 0.5) is 0 Å². The number of rotatable bonds is 5. The van der Waals surface area contributed by atoms with Crippen LogP contribution in [0, 0.1) is 6.92 Å². The quantitative estimate of drug-likeness (QED) is 0.737. The predicted octanol–water partition coefficient (Wildman–Crippen LogP) is 2.54. The molecule has 0 aliphatic rings. The molecular formula is C18H16N4O2S. The molecule has 3 N–H and O–H groups in total. The fourth-order valence-electron chi connectivity index (χ4n) is 2.30. The van der Waals surface area contributed by atoms with E-state index < -0.39 is 5.91 Å². The minimum atomic E-state index is -0.493. The van der Waals surface area contributed by atoms with Gasteiger partial charge < -0.3 is 11.1 Å². The Morgan fingerprint density at radius 3 is 2.80 bits per heavy atom. The SMILES string of the molecule is Cc1cc(-c2ncc(C(=O)NCc3cccc(C(N)=O)c3)s2)ccn1. The van der Waals surface area contributed by atoms with E-state index in [9.17, 15) is 9.59 Å². The molecule has 6 nitrogen and oxygen atoms in total. The van der Waals surface area contributed by atoms with E-state index in [1.807, 2.05) is 25.1 Å². The summed E-state index contributed by atoms with van der Waals surface area (Å²) in [6.45, 7) is 2.21. The molecule has 2 amide bonds. The van der Waals surface area contributed by atoms with Gasteiger partial charge in [0.25, 0.3) is 5.91 Å². The third kappa shape index (κ3) is 4.07. The Labute approximate surface area is 148 Å². The Kier molecular flexibility index (Phi) is 4.85. The van der Waals surface area contributed by atoms with Gasteiger partial charge >= 0.3 is 0 Å². The summed E-state index contributed by atoms with van der Waals surface area (Å²) in [6.07, 6.45) is 3.28. The first kappa shape index (κ1) is 16.8. The normalized spacial score (nSPS) is 10.4. The molecule has 7 heteroatoms. The van der Waals surface area contributed by atoms with Crippen LogP contribution in [0.2, 0.25) is 0 Å². The minimum absolute atomic E-state index is 0.209. The first-order valence-electron chi connectivity index (χ1n) is 7.59. The van der Waals surface area contributed by atoms with Crippen LogP contribution in [0.3, 0.4) is 0 Å². The Morgan fingerprint density at radius 1 is 1.20 bits per heavy atom. The van der Waals surface area contributed by atoms with Gasteiger partial charge in [0, 0.05) is 29.6 Å². The van der Waals surface area contributed by atoms with E-state index in [-0.39, 0.29) is 5.91 Å². The first-order chi connectivity index (χ1) is 12.0. The Morgan fingerprint density at radius 2 is 2.04 bits per heavy atom. The van der Waals surface area contributed by atoms with Crippen molar-refractivity contribution in [1.29, 1.82) is 0 Å². The molecule has 0 aliphatic carbocycles. The van der Waals surface area contributed by atoms with Crippen molar-refractivity contribution >= 4 is 23.2 Å². The van der Waals surface area contributed by atoms with E-state index in [0.29, 0.717) is 17.0 Å². The number of benzene rings is 1. The zero-order valence-electron chi connectivity index (χ0n) is 13.5. The molecule has 126 valence electrons. The summed E-state index contributed by atoms with van der Waals surface area (Å²) in [5, 5.41) is 3.59. The second-order valence-corrected chi connectivity index (χ2v) is 6.49.